The van der Waals surface area contributed by atoms with Crippen molar-refractivity contribution in [2.24, 2.45) is 0 Å². The van der Waals surface area contributed by atoms with Gasteiger partial charge < -0.3 is 10.1 Å². The lowest BCUT2D eigenvalue weighted by Gasteiger charge is -2.14. The predicted octanol–water partition coefficient (Wildman–Crippen LogP) is 2.30. The summed E-state index contributed by atoms with van der Waals surface area (Å²) in [5.41, 5.74) is 1.43. The van der Waals surface area contributed by atoms with Crippen LogP contribution in [0, 0.1) is 0 Å². The van der Waals surface area contributed by atoms with Gasteiger partial charge in [-0.05, 0) is 43.2 Å². The van der Waals surface area contributed by atoms with E-state index >= 15 is 0 Å². The Hall–Kier alpha value is -3.05. The number of rotatable bonds is 5. The highest BCUT2D eigenvalue weighted by molar-refractivity contribution is 7.90. The number of carbonyl (C=O) groups excluding carboxylic acids is 4. The summed E-state index contributed by atoms with van der Waals surface area (Å²) in [6.45, 7) is 1.81. The molecule has 1 aromatic carbocycles. The average molecular weight is 477 g/mol. The number of ether oxygens (including phenoxy) is 1. The van der Waals surface area contributed by atoms with E-state index in [-0.39, 0.29) is 65.3 Å². The molecule has 0 saturated carbocycles. The third kappa shape index (κ3) is 4.17. The van der Waals surface area contributed by atoms with Crippen molar-refractivity contribution in [3.63, 3.8) is 0 Å². The first-order valence-corrected chi connectivity index (χ1v) is 12.6. The van der Waals surface area contributed by atoms with Gasteiger partial charge in [0.25, 0.3) is 5.91 Å². The van der Waals surface area contributed by atoms with Gasteiger partial charge in [-0.15, -0.1) is 11.3 Å². The molecule has 3 amide bonds. The van der Waals surface area contributed by atoms with Crippen molar-refractivity contribution in [1.82, 2.24) is 0 Å². The van der Waals surface area contributed by atoms with Gasteiger partial charge in [0.15, 0.2) is 9.84 Å². The van der Waals surface area contributed by atoms with Crippen molar-refractivity contribution >= 4 is 55.6 Å². The molecule has 9 nitrogen and oxygen atoms in total. The van der Waals surface area contributed by atoms with Gasteiger partial charge in [-0.3, -0.25) is 19.3 Å². The molecule has 1 N–H and O–H groups in total. The zero-order valence-electron chi connectivity index (χ0n) is 17.2. The second kappa shape index (κ2) is 8.47. The number of sulfone groups is 1. The third-order valence-electron chi connectivity index (χ3n) is 5.25. The fraction of sp³-hybridized carbons (Fsp3) is 0.333. The van der Waals surface area contributed by atoms with Crippen LogP contribution in [0.2, 0.25) is 0 Å². The minimum atomic E-state index is -3.25. The Labute approximate surface area is 188 Å². The van der Waals surface area contributed by atoms with Crippen molar-refractivity contribution in [2.75, 3.05) is 22.6 Å². The van der Waals surface area contributed by atoms with Crippen LogP contribution in [-0.2, 0) is 36.3 Å². The Morgan fingerprint density at radius 2 is 1.75 bits per heavy atom. The molecule has 0 aliphatic carbocycles. The van der Waals surface area contributed by atoms with Crippen LogP contribution in [0.1, 0.15) is 50.9 Å². The first-order chi connectivity index (χ1) is 15.2. The Kier molecular flexibility index (Phi) is 5.87. The summed E-state index contributed by atoms with van der Waals surface area (Å²) in [4.78, 5) is 50.8. The second-order valence-electron chi connectivity index (χ2n) is 7.39. The van der Waals surface area contributed by atoms with Crippen molar-refractivity contribution in [3.05, 3.63) is 45.8 Å². The maximum Gasteiger partial charge on any atom is 0.341 e. The highest BCUT2D eigenvalue weighted by Gasteiger charge is 2.33. The molecule has 168 valence electrons. The van der Waals surface area contributed by atoms with Crippen LogP contribution >= 0.6 is 11.3 Å². The van der Waals surface area contributed by atoms with Crippen LogP contribution in [0.25, 0.3) is 0 Å². The van der Waals surface area contributed by atoms with Gasteiger partial charge in [-0.25, -0.2) is 13.2 Å². The number of fused-ring (bicyclic) bond motifs is 1. The normalized spacial score (nSPS) is 17.2. The van der Waals surface area contributed by atoms with E-state index in [0.29, 0.717) is 16.1 Å². The molecule has 4 rings (SSSR count). The first-order valence-electron chi connectivity index (χ1n) is 9.99. The van der Waals surface area contributed by atoms with Crippen LogP contribution in [-0.4, -0.2) is 44.5 Å². The van der Waals surface area contributed by atoms with Crippen LogP contribution < -0.4 is 10.2 Å². The number of nitrogens with zero attached hydrogens (tertiary/aromatic N) is 1. The number of hydrogen-bond acceptors (Lipinski definition) is 8. The van der Waals surface area contributed by atoms with E-state index in [2.05, 4.69) is 5.32 Å². The van der Waals surface area contributed by atoms with Crippen LogP contribution in [0.3, 0.4) is 0 Å². The van der Waals surface area contributed by atoms with Crippen molar-refractivity contribution in [3.8, 4) is 0 Å². The van der Waals surface area contributed by atoms with Gasteiger partial charge in [-0.1, -0.05) is 0 Å². The smallest absolute Gasteiger partial charge is 0.341 e. The van der Waals surface area contributed by atoms with E-state index in [9.17, 15) is 27.6 Å². The maximum atomic E-state index is 12.8. The van der Waals surface area contributed by atoms with Gasteiger partial charge in [-0.2, -0.15) is 0 Å². The molecular formula is C21H20N2O7S2. The molecule has 1 aromatic heterocycles. The van der Waals surface area contributed by atoms with E-state index in [1.807, 2.05) is 0 Å². The Balaban J connectivity index is 1.60. The molecule has 0 radical (unpaired) electrons. The quantitative estimate of drug-likeness (QED) is 0.518. The fourth-order valence-corrected chi connectivity index (χ4v) is 6.77. The number of esters is 1. The van der Waals surface area contributed by atoms with Gasteiger partial charge in [0.05, 0.1) is 29.4 Å². The molecule has 0 unspecified atom stereocenters. The van der Waals surface area contributed by atoms with E-state index in [1.165, 1.54) is 24.3 Å². The molecule has 0 spiro atoms. The summed E-state index contributed by atoms with van der Waals surface area (Å²) in [6.07, 6.45) is 0.512. The Bertz CT molecular complexity index is 1210. The van der Waals surface area contributed by atoms with Crippen molar-refractivity contribution < 1.29 is 32.3 Å². The molecule has 2 aromatic rings. The SMILES string of the molecule is CCOC(=O)c1c(NC(=O)c2ccc(N3C(=O)CCC3=O)cc2)sc2c1CCS(=O)(=O)C2. The summed E-state index contributed by atoms with van der Waals surface area (Å²) >= 11 is 1.06. The molecule has 11 heteroatoms. The topological polar surface area (TPSA) is 127 Å². The van der Waals surface area contributed by atoms with E-state index in [1.54, 1.807) is 6.92 Å². The van der Waals surface area contributed by atoms with Crippen LogP contribution in [0.15, 0.2) is 24.3 Å². The molecule has 2 aliphatic rings. The number of anilines is 2. The summed E-state index contributed by atoms with van der Waals surface area (Å²) in [6, 6.07) is 5.97. The summed E-state index contributed by atoms with van der Waals surface area (Å²) in [7, 11) is -3.25. The Morgan fingerprint density at radius 3 is 2.38 bits per heavy atom. The minimum Gasteiger partial charge on any atom is -0.462 e. The van der Waals surface area contributed by atoms with E-state index in [4.69, 9.17) is 4.74 Å². The predicted molar refractivity (Wildman–Crippen MR) is 118 cm³/mol. The molecule has 1 saturated heterocycles. The lowest BCUT2D eigenvalue weighted by molar-refractivity contribution is -0.121. The monoisotopic (exact) mass is 476 g/mol. The lowest BCUT2D eigenvalue weighted by atomic mass is 10.1. The van der Waals surface area contributed by atoms with Gasteiger partial charge in [0.1, 0.15) is 5.00 Å². The molecule has 2 aliphatic heterocycles. The van der Waals surface area contributed by atoms with Crippen LogP contribution in [0.4, 0.5) is 10.7 Å². The fourth-order valence-electron chi connectivity index (χ4n) is 3.73. The van der Waals surface area contributed by atoms with E-state index in [0.717, 1.165) is 16.2 Å². The number of nitrogens with one attached hydrogen (secondary N) is 1. The van der Waals surface area contributed by atoms with Crippen molar-refractivity contribution in [2.45, 2.75) is 31.9 Å². The van der Waals surface area contributed by atoms with Crippen LogP contribution in [0.5, 0.6) is 0 Å². The first kappa shape index (κ1) is 22.2. The molecule has 0 atom stereocenters. The highest BCUT2D eigenvalue weighted by atomic mass is 32.2. The minimum absolute atomic E-state index is 0.0636. The maximum absolute atomic E-state index is 12.8. The number of amides is 3. The van der Waals surface area contributed by atoms with Gasteiger partial charge in [0.2, 0.25) is 11.8 Å². The number of thiophene rings is 1. The van der Waals surface area contributed by atoms with Gasteiger partial charge in [0, 0.05) is 23.3 Å². The third-order valence-corrected chi connectivity index (χ3v) is 8.14. The zero-order chi connectivity index (χ0) is 23.0. The number of imide groups is 1. The largest absolute Gasteiger partial charge is 0.462 e. The summed E-state index contributed by atoms with van der Waals surface area (Å²) in [5, 5.41) is 2.93. The van der Waals surface area contributed by atoms with Crippen molar-refractivity contribution in [1.29, 1.82) is 0 Å². The zero-order valence-corrected chi connectivity index (χ0v) is 18.8. The summed E-state index contributed by atoms with van der Waals surface area (Å²) in [5.74, 6) is -1.94. The molecule has 32 heavy (non-hydrogen) atoms. The molecule has 1 fully saturated rings. The lowest BCUT2D eigenvalue weighted by Crippen LogP contribution is -2.28. The molecule has 0 bridgehead atoms. The number of benzene rings is 1. The standard InChI is InChI=1S/C21H20N2O7S2/c1-2-30-21(27)18-14-9-10-32(28,29)11-15(14)31-20(18)22-19(26)12-3-5-13(6-4-12)23-16(24)7-8-17(23)25/h3-6H,2,7-11H2,1H3,(H,22,26). The highest BCUT2D eigenvalue weighted by Crippen LogP contribution is 2.38. The molecule has 3 heterocycles. The molecular weight excluding hydrogens is 456 g/mol. The summed E-state index contributed by atoms with van der Waals surface area (Å²) < 4.78 is 29.1. The Morgan fingerprint density at radius 1 is 1.09 bits per heavy atom. The average Bonchev–Trinajstić information content (AvgIpc) is 3.25. The number of carbonyl (C=O) groups is 4. The van der Waals surface area contributed by atoms with Gasteiger partial charge >= 0.3 is 5.97 Å². The second-order valence-corrected chi connectivity index (χ2v) is 10.7. The number of hydrogen-bond donors (Lipinski definition) is 1. The van der Waals surface area contributed by atoms with E-state index < -0.39 is 21.7 Å².